The van der Waals surface area contributed by atoms with Gasteiger partial charge >= 0.3 is 0 Å². The number of likely N-dealkylation sites (N-methyl/N-ethyl adjacent to an activating group) is 1. The largest absolute Gasteiger partial charge is 0.489 e. The number of aromatic amines is 1. The third kappa shape index (κ3) is 3.06. The molecule has 3 aromatic rings. The summed E-state index contributed by atoms with van der Waals surface area (Å²) in [6.07, 6.45) is 1.77. The van der Waals surface area contributed by atoms with Gasteiger partial charge in [-0.3, -0.25) is 14.7 Å². The maximum atomic E-state index is 12.9. The van der Waals surface area contributed by atoms with Crippen molar-refractivity contribution in [3.05, 3.63) is 47.8 Å². The number of carbonyl (C=O) groups excluding carboxylic acids is 2. The molecule has 2 aromatic heterocycles. The Morgan fingerprint density at radius 1 is 1.36 bits per heavy atom. The number of para-hydroxylation sites is 2. The highest BCUT2D eigenvalue weighted by molar-refractivity contribution is 6.07. The molecule has 0 aliphatic carbocycles. The molecule has 8 nitrogen and oxygen atoms in total. The molecule has 1 aromatic carbocycles. The lowest BCUT2D eigenvalue weighted by atomic mass is 10.0. The van der Waals surface area contributed by atoms with Gasteiger partial charge in [-0.15, -0.1) is 0 Å². The number of nitrogens with one attached hydrogen (secondary N) is 2. The number of H-pyrrole nitrogens is 1. The predicted octanol–water partition coefficient (Wildman–Crippen LogP) is 2.24. The number of nitrogens with zero attached hydrogens (tertiary/aromatic N) is 3. The van der Waals surface area contributed by atoms with Crippen LogP contribution in [-0.2, 0) is 4.79 Å². The number of hydrogen-bond acceptors (Lipinski definition) is 5. The van der Waals surface area contributed by atoms with Crippen LogP contribution < -0.4 is 15.0 Å². The van der Waals surface area contributed by atoms with Crippen molar-refractivity contribution in [2.24, 2.45) is 0 Å². The molecule has 2 amide bonds. The number of fused-ring (bicyclic) bond motifs is 2. The molecule has 4 rings (SSSR count). The maximum absolute atomic E-state index is 12.9. The number of carbonyl (C=O) groups is 2. The monoisotopic (exact) mass is 379 g/mol. The minimum absolute atomic E-state index is 0.0454. The molecule has 8 heteroatoms. The first-order chi connectivity index (χ1) is 13.5. The molecule has 3 heterocycles. The topological polar surface area (TPSA) is 100 Å². The van der Waals surface area contributed by atoms with Gasteiger partial charge in [-0.1, -0.05) is 26.0 Å². The summed E-state index contributed by atoms with van der Waals surface area (Å²) < 4.78 is 5.74. The van der Waals surface area contributed by atoms with E-state index in [1.807, 2.05) is 18.2 Å². The van der Waals surface area contributed by atoms with E-state index in [1.54, 1.807) is 25.4 Å². The second-order valence-electron chi connectivity index (χ2n) is 7.09. The van der Waals surface area contributed by atoms with Gasteiger partial charge in [-0.2, -0.15) is 5.10 Å². The van der Waals surface area contributed by atoms with Gasteiger partial charge in [0.15, 0.2) is 11.3 Å². The van der Waals surface area contributed by atoms with Crippen molar-refractivity contribution in [1.29, 1.82) is 0 Å². The maximum Gasteiger partial charge on any atom is 0.273 e. The van der Waals surface area contributed by atoms with E-state index < -0.39 is 11.9 Å². The quantitative estimate of drug-likeness (QED) is 0.727. The number of aromatic nitrogens is 3. The molecule has 0 fully saturated rings. The summed E-state index contributed by atoms with van der Waals surface area (Å²) in [5.74, 6) is 0.173. The van der Waals surface area contributed by atoms with Crippen molar-refractivity contribution < 1.29 is 14.3 Å². The first kappa shape index (κ1) is 18.0. The van der Waals surface area contributed by atoms with Gasteiger partial charge in [0.05, 0.1) is 11.1 Å². The summed E-state index contributed by atoms with van der Waals surface area (Å²) in [6.45, 7) is 4.15. The Balaban J connectivity index is 1.60. The predicted molar refractivity (Wildman–Crippen MR) is 105 cm³/mol. The van der Waals surface area contributed by atoms with E-state index in [1.165, 1.54) is 4.90 Å². The van der Waals surface area contributed by atoms with E-state index >= 15 is 0 Å². The Kier molecular flexibility index (Phi) is 4.46. The Bertz CT molecular complexity index is 1060. The van der Waals surface area contributed by atoms with Crippen molar-refractivity contribution in [2.45, 2.75) is 25.8 Å². The van der Waals surface area contributed by atoms with Crippen LogP contribution >= 0.6 is 0 Å². The number of hydrogen-bond donors (Lipinski definition) is 2. The van der Waals surface area contributed by atoms with E-state index in [9.17, 15) is 9.59 Å². The Morgan fingerprint density at radius 2 is 2.14 bits per heavy atom. The fourth-order valence-electron chi connectivity index (χ4n) is 3.19. The summed E-state index contributed by atoms with van der Waals surface area (Å²) in [6, 6.07) is 8.35. The number of amides is 2. The lowest BCUT2D eigenvalue weighted by molar-refractivity contribution is -0.120. The smallest absolute Gasteiger partial charge is 0.273 e. The van der Waals surface area contributed by atoms with Gasteiger partial charge in [0.2, 0.25) is 0 Å². The van der Waals surface area contributed by atoms with Crippen molar-refractivity contribution in [2.75, 3.05) is 18.6 Å². The minimum Gasteiger partial charge on any atom is -0.489 e. The van der Waals surface area contributed by atoms with Crippen LogP contribution in [0, 0.1) is 0 Å². The van der Waals surface area contributed by atoms with Crippen molar-refractivity contribution >= 4 is 28.5 Å². The van der Waals surface area contributed by atoms with E-state index in [0.29, 0.717) is 22.5 Å². The average molecular weight is 379 g/mol. The van der Waals surface area contributed by atoms with Crippen LogP contribution in [0.2, 0.25) is 0 Å². The van der Waals surface area contributed by atoms with E-state index in [2.05, 4.69) is 34.3 Å². The molecule has 0 saturated carbocycles. The van der Waals surface area contributed by atoms with Gasteiger partial charge in [0.1, 0.15) is 18.4 Å². The molecule has 144 valence electrons. The molecule has 2 N–H and O–H groups in total. The molecule has 0 spiro atoms. The zero-order chi connectivity index (χ0) is 19.8. The van der Waals surface area contributed by atoms with Crippen LogP contribution in [0.5, 0.6) is 5.75 Å². The first-order valence-electron chi connectivity index (χ1n) is 9.10. The average Bonchev–Trinajstić information content (AvgIpc) is 3.08. The van der Waals surface area contributed by atoms with Crippen molar-refractivity contribution in [3.8, 4) is 5.75 Å². The van der Waals surface area contributed by atoms with Crippen molar-refractivity contribution in [3.63, 3.8) is 0 Å². The number of pyridine rings is 1. The molecule has 1 atom stereocenters. The van der Waals surface area contributed by atoms with Gasteiger partial charge in [0.25, 0.3) is 11.8 Å². The molecule has 0 radical (unpaired) electrons. The highest BCUT2D eigenvalue weighted by Gasteiger charge is 2.31. The lowest BCUT2D eigenvalue weighted by Gasteiger charge is -2.20. The second kappa shape index (κ2) is 6.95. The highest BCUT2D eigenvalue weighted by atomic mass is 16.5. The fourth-order valence-corrected chi connectivity index (χ4v) is 3.19. The first-order valence-corrected chi connectivity index (χ1v) is 9.10. The fraction of sp³-hybridized carbons (Fsp3) is 0.300. The summed E-state index contributed by atoms with van der Waals surface area (Å²) >= 11 is 0. The third-order valence-electron chi connectivity index (χ3n) is 4.89. The van der Waals surface area contributed by atoms with Crippen LogP contribution in [0.3, 0.4) is 0 Å². The number of anilines is 1. The standard InChI is InChI=1S/C20H21N5O3/c1-11(2)12-8-13-17(23-24-18(13)21-9-12)19(26)22-14-10-28-16-7-5-4-6-15(16)25(3)20(14)27/h4-9,11,14H,10H2,1-3H3,(H,22,26)(H,21,23,24)/t14-/m0/s1. The number of rotatable bonds is 3. The zero-order valence-corrected chi connectivity index (χ0v) is 15.9. The Morgan fingerprint density at radius 3 is 2.93 bits per heavy atom. The van der Waals surface area contributed by atoms with Gasteiger partial charge in [-0.25, -0.2) is 4.98 Å². The summed E-state index contributed by atoms with van der Waals surface area (Å²) in [5.41, 5.74) is 2.41. The van der Waals surface area contributed by atoms with Crippen LogP contribution in [0.4, 0.5) is 5.69 Å². The van der Waals surface area contributed by atoms with E-state index in [4.69, 9.17) is 4.74 Å². The molecule has 1 aliphatic rings. The van der Waals surface area contributed by atoms with Gasteiger partial charge in [0, 0.05) is 13.2 Å². The summed E-state index contributed by atoms with van der Waals surface area (Å²) in [4.78, 5) is 31.5. The van der Waals surface area contributed by atoms with Crippen LogP contribution in [0.1, 0.15) is 35.8 Å². The second-order valence-corrected chi connectivity index (χ2v) is 7.09. The third-order valence-corrected chi connectivity index (χ3v) is 4.89. The molecule has 0 bridgehead atoms. The van der Waals surface area contributed by atoms with Gasteiger partial charge in [-0.05, 0) is 29.7 Å². The number of benzene rings is 1. The molecule has 0 saturated heterocycles. The van der Waals surface area contributed by atoms with Crippen LogP contribution in [-0.4, -0.2) is 46.7 Å². The Labute approximate surface area is 161 Å². The highest BCUT2D eigenvalue weighted by Crippen LogP contribution is 2.30. The lowest BCUT2D eigenvalue weighted by Crippen LogP contribution is -2.49. The molecular formula is C20H21N5O3. The van der Waals surface area contributed by atoms with Crippen LogP contribution in [0.25, 0.3) is 11.0 Å². The zero-order valence-electron chi connectivity index (χ0n) is 15.9. The van der Waals surface area contributed by atoms with E-state index in [-0.39, 0.29) is 24.1 Å². The van der Waals surface area contributed by atoms with Gasteiger partial charge < -0.3 is 15.0 Å². The van der Waals surface area contributed by atoms with Crippen molar-refractivity contribution in [1.82, 2.24) is 20.5 Å². The molecule has 28 heavy (non-hydrogen) atoms. The minimum atomic E-state index is -0.821. The number of ether oxygens (including phenoxy) is 1. The molecular weight excluding hydrogens is 358 g/mol. The molecule has 1 aliphatic heterocycles. The molecule has 0 unspecified atom stereocenters. The summed E-state index contributed by atoms with van der Waals surface area (Å²) in [5, 5.41) is 10.3. The SMILES string of the molecule is CC(C)c1cnc2[nH]nc(C(=O)N[C@H]3COc4ccccc4N(C)C3=O)c2c1. The Hall–Kier alpha value is -3.42. The summed E-state index contributed by atoms with van der Waals surface area (Å²) in [7, 11) is 1.66. The van der Waals surface area contributed by atoms with Crippen LogP contribution in [0.15, 0.2) is 36.5 Å². The normalized spacial score (nSPS) is 16.6. The van der Waals surface area contributed by atoms with E-state index in [0.717, 1.165) is 5.56 Å².